The van der Waals surface area contributed by atoms with Gasteiger partial charge in [-0.1, -0.05) is 25.5 Å². The highest BCUT2D eigenvalue weighted by Gasteiger charge is 2.48. The number of likely N-dealkylation sites (N-methyl/N-ethyl adjacent to an activating group) is 1. The Morgan fingerprint density at radius 2 is 1.54 bits per heavy atom. The number of methoxy groups -OCH3 is 2. The molecule has 2 heterocycles. The fourth-order valence-electron chi connectivity index (χ4n) is 7.48. The van der Waals surface area contributed by atoms with Crippen LogP contribution in [0.5, 0.6) is 0 Å². The Hall–Kier alpha value is -1.35. The highest BCUT2D eigenvalue weighted by molar-refractivity contribution is 5.70. The molecule has 0 saturated carbocycles. The van der Waals surface area contributed by atoms with E-state index in [4.69, 9.17) is 44.6 Å². The molecule has 0 aromatic rings. The molecule has 318 valence electrons. The predicted octanol–water partition coefficient (Wildman–Crippen LogP) is 0.275. The summed E-state index contributed by atoms with van der Waals surface area (Å²) in [5.74, 6) is -2.20. The average molecular weight is 780 g/mol. The number of hydrogen-bond donors (Lipinski definition) is 7. The lowest BCUT2D eigenvalue weighted by molar-refractivity contribution is -0.304. The molecule has 0 aromatic heterocycles. The maximum absolute atomic E-state index is 13.6. The van der Waals surface area contributed by atoms with E-state index in [1.54, 1.807) is 39.8 Å². The van der Waals surface area contributed by atoms with Gasteiger partial charge in [0.15, 0.2) is 12.6 Å². The smallest absolute Gasteiger partial charge is 0.308 e. The molecule has 0 spiro atoms. The van der Waals surface area contributed by atoms with Crippen molar-refractivity contribution in [2.24, 2.45) is 29.2 Å². The third-order valence-corrected chi connectivity index (χ3v) is 10.9. The van der Waals surface area contributed by atoms with E-state index in [0.717, 1.165) is 5.57 Å². The summed E-state index contributed by atoms with van der Waals surface area (Å²) in [6.07, 6.45) is -7.96. The molecule has 2 aliphatic rings. The van der Waals surface area contributed by atoms with E-state index in [0.29, 0.717) is 12.8 Å². The zero-order valence-electron chi connectivity index (χ0n) is 34.3. The summed E-state index contributed by atoms with van der Waals surface area (Å²) >= 11 is 0. The molecule has 18 atom stereocenters. The van der Waals surface area contributed by atoms with Crippen LogP contribution in [0.25, 0.3) is 0 Å². The first kappa shape index (κ1) is 48.8. The number of nitrogens with zero attached hydrogens (tertiary/aromatic N) is 1. The van der Waals surface area contributed by atoms with Crippen molar-refractivity contribution in [3.8, 4) is 0 Å². The van der Waals surface area contributed by atoms with Crippen molar-refractivity contribution in [2.75, 3.05) is 41.5 Å². The maximum atomic E-state index is 13.6. The number of ether oxygens (including phenoxy) is 7. The van der Waals surface area contributed by atoms with Crippen molar-refractivity contribution in [1.82, 2.24) is 4.90 Å². The van der Waals surface area contributed by atoms with Crippen LogP contribution in [0.2, 0.25) is 0 Å². The molecule has 16 heteroatoms. The largest absolute Gasteiger partial charge is 0.462 e. The third-order valence-electron chi connectivity index (χ3n) is 10.9. The Morgan fingerprint density at radius 1 is 0.944 bits per heavy atom. The fraction of sp³-hybridized carbons (Fsp3) is 0.921. The molecule has 2 fully saturated rings. The molecule has 8 unspecified atom stereocenters. The van der Waals surface area contributed by atoms with Gasteiger partial charge in [0.1, 0.15) is 30.5 Å². The van der Waals surface area contributed by atoms with Crippen LogP contribution in [0.4, 0.5) is 0 Å². The van der Waals surface area contributed by atoms with Crippen molar-refractivity contribution in [3.63, 3.8) is 0 Å². The molecule has 0 radical (unpaired) electrons. The van der Waals surface area contributed by atoms with Crippen LogP contribution in [0, 0.1) is 17.8 Å². The van der Waals surface area contributed by atoms with Crippen molar-refractivity contribution in [3.05, 3.63) is 11.6 Å². The lowest BCUT2D eigenvalue weighted by Gasteiger charge is -2.46. The first-order chi connectivity index (χ1) is 25.3. The fourth-order valence-corrected chi connectivity index (χ4v) is 7.48. The normalized spacial score (nSPS) is 34.1. The standard InChI is InChI=1S/C38H73N3O13/c1-12-28(26(15-19(2)22(5)40)18-50-38-36(49-11)35(48-10)32(46)24(7)52-38)53-29(44)17-27(43)21(4)34(25(13-14-42)16-20(3)39)54-37-33(47)30(41(8)9)31(45)23(6)51-37/h15,20-28,30-38,42-43,45-47H,12-14,16-18,39-40H2,1-11H3/b19-15+/t20?,21?,22?,23-,24-,25?,26?,27?,28?,30+,31-,32-,33-,34?,35-,36-,37+,38-/m1/s1. The zero-order chi connectivity index (χ0) is 41.0. The molecule has 2 rings (SSSR count). The van der Waals surface area contributed by atoms with Gasteiger partial charge >= 0.3 is 5.97 Å². The van der Waals surface area contributed by atoms with Gasteiger partial charge in [0, 0.05) is 44.7 Å². The Balaban J connectivity index is 2.31. The van der Waals surface area contributed by atoms with Crippen LogP contribution in [0.15, 0.2) is 11.6 Å². The number of hydrogen-bond acceptors (Lipinski definition) is 16. The molecule has 0 bridgehead atoms. The maximum Gasteiger partial charge on any atom is 0.308 e. The minimum Gasteiger partial charge on any atom is -0.462 e. The van der Waals surface area contributed by atoms with Crippen LogP contribution >= 0.6 is 0 Å². The number of aliphatic hydroxyl groups is 5. The summed E-state index contributed by atoms with van der Waals surface area (Å²) < 4.78 is 41.7. The number of aliphatic hydroxyl groups excluding tert-OH is 5. The summed E-state index contributed by atoms with van der Waals surface area (Å²) in [6, 6.07) is -1.25. The summed E-state index contributed by atoms with van der Waals surface area (Å²) in [7, 11) is 6.44. The average Bonchev–Trinajstić information content (AvgIpc) is 3.10. The Kier molecular flexibility index (Phi) is 20.9. The van der Waals surface area contributed by atoms with Crippen LogP contribution in [-0.4, -0.2) is 170 Å². The third kappa shape index (κ3) is 13.4. The number of nitrogens with two attached hydrogens (primary N) is 2. The van der Waals surface area contributed by atoms with E-state index in [9.17, 15) is 30.3 Å². The van der Waals surface area contributed by atoms with Crippen LogP contribution in [0.1, 0.15) is 74.1 Å². The molecular formula is C38H73N3O13. The molecular weight excluding hydrogens is 706 g/mol. The number of carbonyl (C=O) groups excluding carboxylic acids is 1. The molecule has 2 saturated heterocycles. The minimum atomic E-state index is -1.25. The molecule has 0 amide bonds. The highest BCUT2D eigenvalue weighted by Crippen LogP contribution is 2.33. The summed E-state index contributed by atoms with van der Waals surface area (Å²) in [6.45, 7) is 12.4. The molecule has 16 nitrogen and oxygen atoms in total. The highest BCUT2D eigenvalue weighted by atomic mass is 16.7. The van der Waals surface area contributed by atoms with Gasteiger partial charge in [0.2, 0.25) is 0 Å². The van der Waals surface area contributed by atoms with Gasteiger partial charge in [-0.2, -0.15) is 0 Å². The van der Waals surface area contributed by atoms with E-state index in [1.165, 1.54) is 14.2 Å². The van der Waals surface area contributed by atoms with Crippen molar-refractivity contribution in [1.29, 1.82) is 0 Å². The van der Waals surface area contributed by atoms with Gasteiger partial charge in [-0.3, -0.25) is 4.79 Å². The molecule has 2 aliphatic heterocycles. The number of esters is 1. The lowest BCUT2D eigenvalue weighted by Crippen LogP contribution is -2.63. The second kappa shape index (κ2) is 23.2. The van der Waals surface area contributed by atoms with E-state index in [1.807, 2.05) is 33.8 Å². The predicted molar refractivity (Wildman–Crippen MR) is 201 cm³/mol. The van der Waals surface area contributed by atoms with E-state index < -0.39 is 97.5 Å². The number of rotatable bonds is 22. The van der Waals surface area contributed by atoms with E-state index in [-0.39, 0.29) is 44.1 Å². The van der Waals surface area contributed by atoms with Crippen LogP contribution < -0.4 is 11.5 Å². The van der Waals surface area contributed by atoms with Gasteiger partial charge in [-0.05, 0) is 73.9 Å². The topological polar surface area (TPSA) is 238 Å². The Morgan fingerprint density at radius 3 is 2.06 bits per heavy atom. The minimum absolute atomic E-state index is 0.0549. The quantitative estimate of drug-likeness (QED) is 0.0577. The summed E-state index contributed by atoms with van der Waals surface area (Å²) in [5.41, 5.74) is 13.2. The zero-order valence-corrected chi connectivity index (χ0v) is 34.3. The molecule has 9 N–H and O–H groups in total. The van der Waals surface area contributed by atoms with E-state index in [2.05, 4.69) is 0 Å². The van der Waals surface area contributed by atoms with Gasteiger partial charge in [-0.25, -0.2) is 0 Å². The van der Waals surface area contributed by atoms with Crippen molar-refractivity contribution < 1.29 is 63.5 Å². The van der Waals surface area contributed by atoms with Gasteiger partial charge in [0.25, 0.3) is 0 Å². The Labute approximate surface area is 322 Å². The molecule has 0 aliphatic carbocycles. The second-order valence-corrected chi connectivity index (χ2v) is 15.6. The van der Waals surface area contributed by atoms with Gasteiger partial charge < -0.3 is 75.1 Å². The SMILES string of the molecule is CCC(OC(=O)CC(O)C(C)C(O[C@@H]1O[C@H](C)[C@@H](O)[C@H](N(C)C)[C@H]1O)C(CCO)CC(C)N)C(/C=C(\C)C(C)N)CO[C@@H]1O[C@H](C)[C@@H](O)[C@@H](OC)[C@H]1OC. The molecule has 54 heavy (non-hydrogen) atoms. The van der Waals surface area contributed by atoms with Crippen LogP contribution in [0.3, 0.4) is 0 Å². The van der Waals surface area contributed by atoms with Gasteiger partial charge in [-0.15, -0.1) is 0 Å². The molecule has 0 aromatic carbocycles. The van der Waals surface area contributed by atoms with E-state index >= 15 is 0 Å². The first-order valence-corrected chi connectivity index (χ1v) is 19.3. The monoisotopic (exact) mass is 780 g/mol. The number of carbonyl (C=O) groups is 1. The summed E-state index contributed by atoms with van der Waals surface area (Å²) in [4.78, 5) is 15.3. The van der Waals surface area contributed by atoms with Crippen LogP contribution in [-0.2, 0) is 38.0 Å². The lowest BCUT2D eigenvalue weighted by atomic mass is 9.82. The van der Waals surface area contributed by atoms with Crippen molar-refractivity contribution >= 4 is 5.97 Å². The summed E-state index contributed by atoms with van der Waals surface area (Å²) in [5, 5.41) is 54.1. The second-order valence-electron chi connectivity index (χ2n) is 15.6. The first-order valence-electron chi connectivity index (χ1n) is 19.3. The Bertz CT molecular complexity index is 1120. The van der Waals surface area contributed by atoms with Gasteiger partial charge in [0.05, 0.1) is 49.6 Å². The van der Waals surface area contributed by atoms with Crippen molar-refractivity contribution in [2.45, 2.75) is 166 Å².